The number of H-pyrrole nitrogens is 1. The van der Waals surface area contributed by atoms with Gasteiger partial charge >= 0.3 is 0 Å². The van der Waals surface area contributed by atoms with Crippen LogP contribution in [0, 0.1) is 0 Å². The van der Waals surface area contributed by atoms with Crippen molar-refractivity contribution in [2.75, 3.05) is 39.6 Å². The summed E-state index contributed by atoms with van der Waals surface area (Å²) in [5.41, 5.74) is 2.72. The fourth-order valence-corrected chi connectivity index (χ4v) is 3.55. The number of azo groups is 2. The number of ether oxygens (including phenoxy) is 4. The largest absolute Gasteiger partial charge is 0.489 e. The van der Waals surface area contributed by atoms with Gasteiger partial charge in [0, 0.05) is 5.56 Å². The SMILES string of the molecule is c1ccc(-c2[nH]c3nc2N=Nc2ccccc2OCCOCCOCCOc2ccccc2N=N3)cc1. The van der Waals surface area contributed by atoms with E-state index in [0.717, 1.165) is 5.56 Å². The first-order chi connectivity index (χ1) is 18.4. The summed E-state index contributed by atoms with van der Waals surface area (Å²) in [5, 5.41) is 17.5. The highest BCUT2D eigenvalue weighted by molar-refractivity contribution is 5.71. The first-order valence-electron chi connectivity index (χ1n) is 11.9. The van der Waals surface area contributed by atoms with Gasteiger partial charge in [-0.05, 0) is 24.3 Å². The molecule has 10 nitrogen and oxygen atoms in total. The maximum Gasteiger partial charge on any atom is 0.249 e. The third kappa shape index (κ3) is 6.63. The Hall–Kier alpha value is -4.41. The second-order valence-electron chi connectivity index (χ2n) is 7.88. The topological polar surface area (TPSA) is 115 Å². The molecular weight excluding hydrogens is 472 g/mol. The summed E-state index contributed by atoms with van der Waals surface area (Å²) < 4.78 is 22.9. The van der Waals surface area contributed by atoms with Crippen molar-refractivity contribution in [1.82, 2.24) is 9.97 Å². The highest BCUT2D eigenvalue weighted by atomic mass is 16.6. The molecule has 0 aliphatic carbocycles. The van der Waals surface area contributed by atoms with Gasteiger partial charge in [0.15, 0.2) is 0 Å². The molecule has 0 unspecified atom stereocenters. The first-order valence-corrected chi connectivity index (χ1v) is 11.9. The second kappa shape index (κ2) is 12.5. The Bertz CT molecular complexity index is 1360. The number of aromatic amines is 1. The van der Waals surface area contributed by atoms with Gasteiger partial charge in [0.25, 0.3) is 0 Å². The third-order valence-electron chi connectivity index (χ3n) is 5.31. The van der Waals surface area contributed by atoms with Crippen molar-refractivity contribution in [3.63, 3.8) is 0 Å². The number of nitrogens with zero attached hydrogens (tertiary/aromatic N) is 5. The van der Waals surface area contributed by atoms with Crippen LogP contribution >= 0.6 is 0 Å². The molecule has 0 saturated heterocycles. The molecule has 3 aromatic carbocycles. The number of fused-ring (bicyclic) bond motifs is 4. The summed E-state index contributed by atoms with van der Waals surface area (Å²) in [6, 6.07) is 24.6. The van der Waals surface area contributed by atoms with Gasteiger partial charge in [0.2, 0.25) is 11.8 Å². The lowest BCUT2D eigenvalue weighted by atomic mass is 10.1. The molecule has 0 spiro atoms. The fraction of sp³-hybridized carbons (Fsp3) is 0.222. The fourth-order valence-electron chi connectivity index (χ4n) is 3.55. The number of para-hydroxylation sites is 2. The molecule has 0 fully saturated rings. The third-order valence-corrected chi connectivity index (χ3v) is 5.31. The van der Waals surface area contributed by atoms with Crippen molar-refractivity contribution in [1.29, 1.82) is 0 Å². The van der Waals surface area contributed by atoms with Crippen molar-refractivity contribution >= 4 is 23.1 Å². The first kappa shape index (κ1) is 24.3. The van der Waals surface area contributed by atoms with Crippen molar-refractivity contribution < 1.29 is 18.9 Å². The van der Waals surface area contributed by atoms with Gasteiger partial charge in [-0.2, -0.15) is 4.98 Å². The monoisotopic (exact) mass is 498 g/mol. The van der Waals surface area contributed by atoms with E-state index < -0.39 is 0 Å². The number of nitrogens with one attached hydrogen (secondary N) is 1. The summed E-state index contributed by atoms with van der Waals surface area (Å²) in [7, 11) is 0. The van der Waals surface area contributed by atoms with Crippen LogP contribution in [-0.2, 0) is 9.47 Å². The average molecular weight is 499 g/mol. The zero-order valence-electron chi connectivity index (χ0n) is 20.1. The zero-order chi connectivity index (χ0) is 25.1. The van der Waals surface area contributed by atoms with E-state index in [2.05, 4.69) is 30.4 Å². The Kier molecular flexibility index (Phi) is 8.22. The predicted octanol–water partition coefficient (Wildman–Crippen LogP) is 6.71. The minimum absolute atomic E-state index is 0.290. The van der Waals surface area contributed by atoms with Gasteiger partial charge < -0.3 is 23.9 Å². The normalized spacial score (nSPS) is 14.9. The van der Waals surface area contributed by atoms with Gasteiger partial charge in [0.05, 0.1) is 32.1 Å². The van der Waals surface area contributed by atoms with Crippen LogP contribution in [0.1, 0.15) is 0 Å². The Morgan fingerprint density at radius 2 is 1.08 bits per heavy atom. The quantitative estimate of drug-likeness (QED) is 0.313. The molecule has 0 atom stereocenters. The second-order valence-corrected chi connectivity index (χ2v) is 7.88. The standard InChI is InChI=1S/C27H26N6O4/c1-2-8-20(9-3-1)25-26-29-27(28-25)33-31-22-11-5-7-13-24(22)37-19-17-35-15-14-34-16-18-36-23-12-6-4-10-21(23)30-32-26/h1-13H,14-19H2,(H,28,29). The van der Waals surface area contributed by atoms with Crippen LogP contribution in [0.15, 0.2) is 99.3 Å². The van der Waals surface area contributed by atoms with Gasteiger partial charge in [-0.15, -0.1) is 20.5 Å². The number of imidazole rings is 1. The van der Waals surface area contributed by atoms with E-state index in [0.29, 0.717) is 80.0 Å². The molecule has 4 aromatic rings. The van der Waals surface area contributed by atoms with E-state index in [1.807, 2.05) is 78.9 Å². The van der Waals surface area contributed by atoms with Gasteiger partial charge in [-0.3, -0.25) is 0 Å². The number of aromatic nitrogens is 2. The number of hydrogen-bond acceptors (Lipinski definition) is 9. The van der Waals surface area contributed by atoms with Crippen molar-refractivity contribution in [2.24, 2.45) is 20.5 Å². The number of hydrogen-bond donors (Lipinski definition) is 1. The van der Waals surface area contributed by atoms with E-state index in [9.17, 15) is 0 Å². The van der Waals surface area contributed by atoms with Gasteiger partial charge in [-0.25, -0.2) is 0 Å². The molecule has 1 aromatic heterocycles. The zero-order valence-corrected chi connectivity index (χ0v) is 20.1. The molecule has 10 heteroatoms. The molecule has 37 heavy (non-hydrogen) atoms. The molecule has 0 amide bonds. The minimum Gasteiger partial charge on any atom is -0.489 e. The molecule has 1 N–H and O–H groups in total. The lowest BCUT2D eigenvalue weighted by Gasteiger charge is -2.10. The lowest BCUT2D eigenvalue weighted by molar-refractivity contribution is 0.0274. The van der Waals surface area contributed by atoms with Crippen LogP contribution in [0.3, 0.4) is 0 Å². The van der Waals surface area contributed by atoms with Gasteiger partial charge in [0.1, 0.15) is 36.1 Å². The summed E-state index contributed by atoms with van der Waals surface area (Å²) in [4.78, 5) is 7.74. The van der Waals surface area contributed by atoms with Crippen molar-refractivity contribution in [2.45, 2.75) is 0 Å². The Morgan fingerprint density at radius 1 is 0.541 bits per heavy atom. The van der Waals surface area contributed by atoms with E-state index in [4.69, 9.17) is 18.9 Å². The van der Waals surface area contributed by atoms with E-state index >= 15 is 0 Å². The molecule has 2 bridgehead atoms. The molecular formula is C27H26N6O4. The lowest BCUT2D eigenvalue weighted by Crippen LogP contribution is -2.13. The highest BCUT2D eigenvalue weighted by Gasteiger charge is 2.13. The van der Waals surface area contributed by atoms with Crippen LogP contribution in [0.4, 0.5) is 23.1 Å². The number of rotatable bonds is 1. The molecule has 1 aliphatic heterocycles. The maximum atomic E-state index is 5.87. The molecule has 1 aliphatic rings. The number of benzene rings is 3. The summed E-state index contributed by atoms with van der Waals surface area (Å²) in [5.74, 6) is 1.87. The summed E-state index contributed by atoms with van der Waals surface area (Å²) in [6.07, 6.45) is 0. The van der Waals surface area contributed by atoms with Crippen LogP contribution in [0.2, 0.25) is 0 Å². The van der Waals surface area contributed by atoms with E-state index in [1.165, 1.54) is 0 Å². The van der Waals surface area contributed by atoms with Crippen LogP contribution in [0.5, 0.6) is 11.5 Å². The highest BCUT2D eigenvalue weighted by Crippen LogP contribution is 2.35. The average Bonchev–Trinajstić information content (AvgIpc) is 3.36. The summed E-state index contributed by atoms with van der Waals surface area (Å²) >= 11 is 0. The Labute approximate surface area is 214 Å². The molecule has 5 rings (SSSR count). The van der Waals surface area contributed by atoms with Crippen LogP contribution in [-0.4, -0.2) is 49.6 Å². The predicted molar refractivity (Wildman–Crippen MR) is 138 cm³/mol. The van der Waals surface area contributed by atoms with E-state index in [1.54, 1.807) is 0 Å². The minimum atomic E-state index is 0.290. The maximum absolute atomic E-state index is 5.87. The molecule has 0 radical (unpaired) electrons. The Balaban J connectivity index is 1.49. The van der Waals surface area contributed by atoms with Crippen LogP contribution < -0.4 is 9.47 Å². The Morgan fingerprint density at radius 3 is 1.73 bits per heavy atom. The molecule has 2 heterocycles. The van der Waals surface area contributed by atoms with E-state index in [-0.39, 0.29) is 0 Å². The van der Waals surface area contributed by atoms with Crippen molar-refractivity contribution in [3.8, 4) is 22.8 Å². The smallest absolute Gasteiger partial charge is 0.249 e. The molecule has 0 saturated carbocycles. The van der Waals surface area contributed by atoms with Gasteiger partial charge in [-0.1, -0.05) is 54.6 Å². The summed E-state index contributed by atoms with van der Waals surface area (Å²) in [6.45, 7) is 2.50. The van der Waals surface area contributed by atoms with Crippen molar-refractivity contribution in [3.05, 3.63) is 78.9 Å². The molecule has 188 valence electrons. The van der Waals surface area contributed by atoms with Crippen LogP contribution in [0.25, 0.3) is 11.3 Å².